The van der Waals surface area contributed by atoms with Gasteiger partial charge in [-0.1, -0.05) is 25.7 Å². The summed E-state index contributed by atoms with van der Waals surface area (Å²) in [5.41, 5.74) is 1.06. The molecule has 0 unspecified atom stereocenters. The summed E-state index contributed by atoms with van der Waals surface area (Å²) in [6.45, 7) is 3.47. The first-order valence-electron chi connectivity index (χ1n) is 10.00. The van der Waals surface area contributed by atoms with Crippen LogP contribution in [-0.2, 0) is 0 Å². The van der Waals surface area contributed by atoms with E-state index in [2.05, 4.69) is 25.3 Å². The van der Waals surface area contributed by atoms with Crippen molar-refractivity contribution in [2.45, 2.75) is 44.6 Å². The summed E-state index contributed by atoms with van der Waals surface area (Å²) >= 11 is 0. The van der Waals surface area contributed by atoms with Crippen LogP contribution in [0.15, 0.2) is 30.5 Å². The molecule has 2 aromatic rings. The zero-order chi connectivity index (χ0) is 18.5. The van der Waals surface area contributed by atoms with Crippen LogP contribution in [0.4, 0.5) is 21.8 Å². The Morgan fingerprint density at radius 2 is 1.56 bits per heavy atom. The lowest BCUT2D eigenvalue weighted by Gasteiger charge is -2.36. The summed E-state index contributed by atoms with van der Waals surface area (Å²) in [6.07, 6.45) is 9.32. The van der Waals surface area contributed by atoms with E-state index in [4.69, 9.17) is 4.98 Å². The fourth-order valence-corrected chi connectivity index (χ4v) is 3.96. The summed E-state index contributed by atoms with van der Waals surface area (Å²) < 4.78 is 13.1. The van der Waals surface area contributed by atoms with Crippen molar-refractivity contribution in [1.29, 1.82) is 0 Å². The van der Waals surface area contributed by atoms with Crippen molar-refractivity contribution in [1.82, 2.24) is 15.2 Å². The fraction of sp³-hybridized carbons (Fsp3) is 0.550. The van der Waals surface area contributed by atoms with Crippen molar-refractivity contribution in [3.63, 3.8) is 0 Å². The smallest absolute Gasteiger partial charge is 0.244 e. The molecule has 2 heterocycles. The van der Waals surface area contributed by atoms with Crippen LogP contribution in [0.3, 0.4) is 0 Å². The molecule has 0 atom stereocenters. The number of nitrogens with one attached hydrogen (secondary N) is 1. The highest BCUT2D eigenvalue weighted by atomic mass is 19.1. The van der Waals surface area contributed by atoms with Crippen LogP contribution < -0.4 is 15.1 Å². The number of hydrogen-bond donors (Lipinski definition) is 1. The van der Waals surface area contributed by atoms with E-state index in [0.29, 0.717) is 12.0 Å². The normalized spacial score (nSPS) is 19.0. The molecular weight excluding hydrogens is 343 g/mol. The molecule has 4 rings (SSSR count). The molecule has 2 aliphatic rings. The number of rotatable bonds is 4. The average Bonchev–Trinajstić information content (AvgIpc) is 2.98. The third-order valence-electron chi connectivity index (χ3n) is 5.53. The Morgan fingerprint density at radius 3 is 2.26 bits per heavy atom. The first-order valence-corrected chi connectivity index (χ1v) is 10.00. The number of benzene rings is 1. The Hall–Kier alpha value is -2.44. The van der Waals surface area contributed by atoms with E-state index in [0.717, 1.165) is 37.7 Å². The lowest BCUT2D eigenvalue weighted by Crippen LogP contribution is -2.47. The predicted molar refractivity (Wildman–Crippen MR) is 106 cm³/mol. The maximum atomic E-state index is 13.1. The van der Waals surface area contributed by atoms with Crippen LogP contribution >= 0.6 is 0 Å². The minimum Gasteiger partial charge on any atom is -0.368 e. The summed E-state index contributed by atoms with van der Waals surface area (Å²) in [6, 6.07) is 7.17. The highest BCUT2D eigenvalue weighted by Crippen LogP contribution is 2.22. The molecule has 0 radical (unpaired) electrons. The standard InChI is InChI=1S/C20H27FN6/c21-16-7-9-18(10-8-16)26-11-13-27(14-12-26)19-15-22-25-20(24-19)23-17-5-3-1-2-4-6-17/h7-10,15,17H,1-6,11-14H2,(H,23,24,25). The van der Waals surface area contributed by atoms with Gasteiger partial charge in [-0.25, -0.2) is 4.39 Å². The average molecular weight is 370 g/mol. The van der Waals surface area contributed by atoms with E-state index in [-0.39, 0.29) is 5.82 Å². The topological polar surface area (TPSA) is 57.2 Å². The van der Waals surface area contributed by atoms with Gasteiger partial charge < -0.3 is 15.1 Å². The summed E-state index contributed by atoms with van der Waals surface area (Å²) in [4.78, 5) is 9.22. The zero-order valence-electron chi connectivity index (χ0n) is 15.6. The van der Waals surface area contributed by atoms with Gasteiger partial charge in [0.15, 0.2) is 5.82 Å². The van der Waals surface area contributed by atoms with Crippen LogP contribution in [-0.4, -0.2) is 47.4 Å². The van der Waals surface area contributed by atoms with Gasteiger partial charge in [-0.3, -0.25) is 0 Å². The van der Waals surface area contributed by atoms with Gasteiger partial charge in [0.25, 0.3) is 0 Å². The van der Waals surface area contributed by atoms with Crippen LogP contribution in [0.2, 0.25) is 0 Å². The van der Waals surface area contributed by atoms with E-state index in [1.807, 2.05) is 12.1 Å². The van der Waals surface area contributed by atoms with Crippen molar-refractivity contribution in [3.8, 4) is 0 Å². The number of hydrogen-bond acceptors (Lipinski definition) is 6. The molecule has 1 saturated heterocycles. The van der Waals surface area contributed by atoms with Crippen LogP contribution in [0.25, 0.3) is 0 Å². The maximum Gasteiger partial charge on any atom is 0.244 e. The molecule has 1 aromatic carbocycles. The SMILES string of the molecule is Fc1ccc(N2CCN(c3cnnc(NC4CCCCCC4)n3)CC2)cc1. The minimum atomic E-state index is -0.196. The van der Waals surface area contributed by atoms with Gasteiger partial charge in [0, 0.05) is 37.9 Å². The number of piperazine rings is 1. The molecule has 1 aliphatic carbocycles. The quantitative estimate of drug-likeness (QED) is 0.832. The molecule has 27 heavy (non-hydrogen) atoms. The number of halogens is 1. The maximum absolute atomic E-state index is 13.1. The molecular formula is C20H27FN6. The monoisotopic (exact) mass is 370 g/mol. The lowest BCUT2D eigenvalue weighted by atomic mass is 10.1. The third kappa shape index (κ3) is 4.64. The van der Waals surface area contributed by atoms with Crippen molar-refractivity contribution in [2.75, 3.05) is 41.3 Å². The molecule has 1 aromatic heterocycles. The van der Waals surface area contributed by atoms with E-state index in [1.54, 1.807) is 6.20 Å². The molecule has 6 nitrogen and oxygen atoms in total. The second-order valence-corrected chi connectivity index (χ2v) is 7.42. The highest BCUT2D eigenvalue weighted by molar-refractivity contribution is 5.49. The second-order valence-electron chi connectivity index (χ2n) is 7.42. The van der Waals surface area contributed by atoms with Gasteiger partial charge in [-0.15, -0.1) is 5.10 Å². The van der Waals surface area contributed by atoms with Gasteiger partial charge in [0.2, 0.25) is 5.95 Å². The van der Waals surface area contributed by atoms with Crippen LogP contribution in [0.5, 0.6) is 0 Å². The number of aromatic nitrogens is 3. The first-order chi connectivity index (χ1) is 13.3. The molecule has 1 N–H and O–H groups in total. The largest absolute Gasteiger partial charge is 0.368 e. The molecule has 2 fully saturated rings. The molecule has 7 heteroatoms. The molecule has 0 bridgehead atoms. The van der Waals surface area contributed by atoms with Crippen molar-refractivity contribution < 1.29 is 4.39 Å². The van der Waals surface area contributed by atoms with Gasteiger partial charge in [0.05, 0.1) is 6.20 Å². The predicted octanol–water partition coefficient (Wildman–Crippen LogP) is 3.47. The van der Waals surface area contributed by atoms with Crippen LogP contribution in [0.1, 0.15) is 38.5 Å². The number of anilines is 3. The summed E-state index contributed by atoms with van der Waals surface area (Å²) in [5, 5.41) is 11.8. The Labute approximate surface area is 159 Å². The lowest BCUT2D eigenvalue weighted by molar-refractivity contribution is 0.610. The fourth-order valence-electron chi connectivity index (χ4n) is 3.96. The molecule has 0 amide bonds. The number of nitrogens with zero attached hydrogens (tertiary/aromatic N) is 5. The molecule has 1 aliphatic heterocycles. The summed E-state index contributed by atoms with van der Waals surface area (Å²) in [7, 11) is 0. The Balaban J connectivity index is 1.36. The van der Waals surface area contributed by atoms with E-state index < -0.39 is 0 Å². The Morgan fingerprint density at radius 1 is 0.889 bits per heavy atom. The molecule has 1 saturated carbocycles. The van der Waals surface area contributed by atoms with Gasteiger partial charge >= 0.3 is 0 Å². The van der Waals surface area contributed by atoms with E-state index in [1.165, 1.54) is 50.7 Å². The molecule has 0 spiro atoms. The Kier molecular flexibility index (Phi) is 5.65. The second kappa shape index (κ2) is 8.50. The van der Waals surface area contributed by atoms with Crippen molar-refractivity contribution in [2.24, 2.45) is 0 Å². The Bertz CT molecular complexity index is 722. The first kappa shape index (κ1) is 17.9. The van der Waals surface area contributed by atoms with E-state index in [9.17, 15) is 4.39 Å². The third-order valence-corrected chi connectivity index (χ3v) is 5.53. The summed E-state index contributed by atoms with van der Waals surface area (Å²) in [5.74, 6) is 1.32. The van der Waals surface area contributed by atoms with Crippen LogP contribution in [0, 0.1) is 5.82 Å². The minimum absolute atomic E-state index is 0.196. The van der Waals surface area contributed by atoms with Gasteiger partial charge in [0.1, 0.15) is 5.82 Å². The van der Waals surface area contributed by atoms with Gasteiger partial charge in [-0.05, 0) is 37.1 Å². The van der Waals surface area contributed by atoms with E-state index >= 15 is 0 Å². The van der Waals surface area contributed by atoms with Crippen molar-refractivity contribution in [3.05, 3.63) is 36.3 Å². The highest BCUT2D eigenvalue weighted by Gasteiger charge is 2.20. The van der Waals surface area contributed by atoms with Crippen molar-refractivity contribution >= 4 is 17.5 Å². The zero-order valence-corrected chi connectivity index (χ0v) is 15.6. The van der Waals surface area contributed by atoms with Gasteiger partial charge in [-0.2, -0.15) is 10.1 Å². The molecule has 144 valence electrons.